The van der Waals surface area contributed by atoms with Crippen LogP contribution in [0, 0.1) is 0 Å². The van der Waals surface area contributed by atoms with Crippen molar-refractivity contribution >= 4 is 0 Å². The van der Waals surface area contributed by atoms with Gasteiger partial charge in [0.25, 0.3) is 0 Å². The van der Waals surface area contributed by atoms with E-state index in [1.165, 1.54) is 19.3 Å². The van der Waals surface area contributed by atoms with E-state index < -0.39 is 0 Å². The molecule has 3 atom stereocenters. The van der Waals surface area contributed by atoms with Crippen molar-refractivity contribution in [2.24, 2.45) is 0 Å². The van der Waals surface area contributed by atoms with Crippen LogP contribution in [0.25, 0.3) is 0 Å². The molecule has 3 aliphatic rings. The molecule has 2 aliphatic heterocycles. The molecular weight excluding hydrogens is 204 g/mol. The lowest BCUT2D eigenvalue weighted by atomic mass is 9.91. The maximum Gasteiger partial charge on any atom is 0.117 e. The van der Waals surface area contributed by atoms with Crippen molar-refractivity contribution in [3.63, 3.8) is 0 Å². The smallest absolute Gasteiger partial charge is 0.117 e. The molecule has 3 rings (SSSR count). The number of ether oxygens (including phenoxy) is 2. The van der Waals surface area contributed by atoms with Crippen LogP contribution in [-0.2, 0) is 9.47 Å². The van der Waals surface area contributed by atoms with Crippen molar-refractivity contribution in [3.05, 3.63) is 0 Å². The third-order valence-corrected chi connectivity index (χ3v) is 4.08. The molecule has 2 N–H and O–H groups in total. The third kappa shape index (κ3) is 1.88. The Morgan fingerprint density at radius 3 is 2.50 bits per heavy atom. The topological polar surface area (TPSA) is 42.5 Å². The van der Waals surface area contributed by atoms with E-state index in [4.69, 9.17) is 9.47 Å². The molecule has 4 heteroatoms. The zero-order valence-electron chi connectivity index (χ0n) is 10.00. The molecule has 0 bridgehead atoms. The van der Waals surface area contributed by atoms with Gasteiger partial charge in [-0.1, -0.05) is 12.8 Å². The van der Waals surface area contributed by atoms with Crippen molar-refractivity contribution < 1.29 is 9.47 Å². The number of hydrogen-bond acceptors (Lipinski definition) is 4. The van der Waals surface area contributed by atoms with Gasteiger partial charge in [0.2, 0.25) is 0 Å². The summed E-state index contributed by atoms with van der Waals surface area (Å²) in [5, 5.41) is 6.89. The number of nitrogens with one attached hydrogen (secondary N) is 2. The summed E-state index contributed by atoms with van der Waals surface area (Å²) in [5.74, 6) is 0. The molecule has 1 aliphatic carbocycles. The van der Waals surface area contributed by atoms with Crippen LogP contribution in [0.2, 0.25) is 0 Å². The van der Waals surface area contributed by atoms with E-state index in [1.807, 2.05) is 0 Å². The molecule has 1 saturated carbocycles. The van der Waals surface area contributed by atoms with Crippen LogP contribution >= 0.6 is 0 Å². The van der Waals surface area contributed by atoms with Gasteiger partial charge in [0.05, 0.1) is 25.0 Å². The van der Waals surface area contributed by atoms with Crippen molar-refractivity contribution in [3.8, 4) is 0 Å². The van der Waals surface area contributed by atoms with E-state index in [-0.39, 0.29) is 11.8 Å². The molecular formula is C12H22N2O2. The zero-order chi connectivity index (χ0) is 11.0. The summed E-state index contributed by atoms with van der Waals surface area (Å²) in [5.41, 5.74) is -0.199. The molecule has 3 fully saturated rings. The summed E-state index contributed by atoms with van der Waals surface area (Å²) >= 11 is 0. The molecule has 0 amide bonds. The van der Waals surface area contributed by atoms with Gasteiger partial charge in [0, 0.05) is 13.1 Å². The van der Waals surface area contributed by atoms with Crippen LogP contribution in [-0.4, -0.2) is 43.7 Å². The summed E-state index contributed by atoms with van der Waals surface area (Å²) in [6.45, 7) is 4.92. The van der Waals surface area contributed by atoms with Gasteiger partial charge in [0.1, 0.15) is 5.60 Å². The molecule has 0 aromatic carbocycles. The Balaban J connectivity index is 1.68. The molecule has 4 nitrogen and oxygen atoms in total. The van der Waals surface area contributed by atoms with Gasteiger partial charge < -0.3 is 9.47 Å². The molecule has 0 aromatic heterocycles. The lowest BCUT2D eigenvalue weighted by Crippen LogP contribution is -2.62. The third-order valence-electron chi connectivity index (χ3n) is 4.08. The lowest BCUT2D eigenvalue weighted by molar-refractivity contribution is -0.244. The highest BCUT2D eigenvalue weighted by Gasteiger charge is 2.45. The molecule has 92 valence electrons. The number of hydrogen-bond donors (Lipinski definition) is 2. The molecule has 16 heavy (non-hydrogen) atoms. The predicted octanol–water partition coefficient (Wildman–Crippen LogP) is 0.622. The Kier molecular flexibility index (Phi) is 2.92. The standard InChI is InChI=1S/C12H22N2O2/c1-12(11-13-6-7-14-11)8-15-9-4-2-3-5-10(9)16-12/h9-11,13-14H,2-8H2,1H3. The molecule has 0 spiro atoms. The first-order chi connectivity index (χ1) is 7.78. The van der Waals surface area contributed by atoms with Gasteiger partial charge in [0.15, 0.2) is 0 Å². The number of rotatable bonds is 1. The van der Waals surface area contributed by atoms with Crippen LogP contribution in [0.5, 0.6) is 0 Å². The van der Waals surface area contributed by atoms with E-state index in [2.05, 4.69) is 17.6 Å². The van der Waals surface area contributed by atoms with Crippen LogP contribution in [0.15, 0.2) is 0 Å². The van der Waals surface area contributed by atoms with E-state index >= 15 is 0 Å². The van der Waals surface area contributed by atoms with Gasteiger partial charge in [-0.2, -0.15) is 0 Å². The second-order valence-electron chi connectivity index (χ2n) is 5.44. The number of fused-ring (bicyclic) bond motifs is 1. The van der Waals surface area contributed by atoms with Crippen molar-refractivity contribution in [2.75, 3.05) is 19.7 Å². The summed E-state index contributed by atoms with van der Waals surface area (Å²) in [4.78, 5) is 0. The van der Waals surface area contributed by atoms with Gasteiger partial charge >= 0.3 is 0 Å². The average molecular weight is 226 g/mol. The second-order valence-corrected chi connectivity index (χ2v) is 5.44. The maximum atomic E-state index is 6.31. The van der Waals surface area contributed by atoms with E-state index in [1.54, 1.807) is 0 Å². The first kappa shape index (κ1) is 11.0. The first-order valence-electron chi connectivity index (χ1n) is 6.54. The first-order valence-corrected chi connectivity index (χ1v) is 6.54. The van der Waals surface area contributed by atoms with Crippen LogP contribution < -0.4 is 10.6 Å². The van der Waals surface area contributed by atoms with Crippen LogP contribution in [0.1, 0.15) is 32.6 Å². The normalized spacial score (nSPS) is 45.6. The van der Waals surface area contributed by atoms with E-state index in [9.17, 15) is 0 Å². The monoisotopic (exact) mass is 226 g/mol. The van der Waals surface area contributed by atoms with Gasteiger partial charge in [-0.3, -0.25) is 10.6 Å². The van der Waals surface area contributed by atoms with Gasteiger partial charge in [-0.25, -0.2) is 0 Å². The van der Waals surface area contributed by atoms with Gasteiger partial charge in [-0.15, -0.1) is 0 Å². The Morgan fingerprint density at radius 1 is 1.06 bits per heavy atom. The van der Waals surface area contributed by atoms with Crippen molar-refractivity contribution in [1.29, 1.82) is 0 Å². The Hall–Kier alpha value is -0.160. The van der Waals surface area contributed by atoms with Gasteiger partial charge in [-0.05, 0) is 19.8 Å². The molecule has 2 saturated heterocycles. The second kappa shape index (κ2) is 4.26. The summed E-state index contributed by atoms with van der Waals surface area (Å²) in [7, 11) is 0. The minimum Gasteiger partial charge on any atom is -0.372 e. The fraction of sp³-hybridized carbons (Fsp3) is 1.00. The fourth-order valence-corrected chi connectivity index (χ4v) is 3.13. The Labute approximate surface area is 97.1 Å². The summed E-state index contributed by atoms with van der Waals surface area (Å²) < 4.78 is 12.3. The molecule has 0 aromatic rings. The fourth-order valence-electron chi connectivity index (χ4n) is 3.13. The summed E-state index contributed by atoms with van der Waals surface area (Å²) in [6, 6.07) is 0. The van der Waals surface area contributed by atoms with E-state index in [0.29, 0.717) is 18.8 Å². The molecule has 0 radical (unpaired) electrons. The largest absolute Gasteiger partial charge is 0.372 e. The molecule has 2 heterocycles. The van der Waals surface area contributed by atoms with Crippen molar-refractivity contribution in [1.82, 2.24) is 10.6 Å². The molecule has 3 unspecified atom stereocenters. The van der Waals surface area contributed by atoms with Crippen LogP contribution in [0.4, 0.5) is 0 Å². The minimum atomic E-state index is -0.199. The minimum absolute atomic E-state index is 0.199. The highest BCUT2D eigenvalue weighted by Crippen LogP contribution is 2.34. The quantitative estimate of drug-likeness (QED) is 0.688. The van der Waals surface area contributed by atoms with E-state index in [0.717, 1.165) is 19.5 Å². The predicted molar refractivity (Wildman–Crippen MR) is 61.3 cm³/mol. The maximum absolute atomic E-state index is 6.31. The highest BCUT2D eigenvalue weighted by atomic mass is 16.6. The van der Waals surface area contributed by atoms with Crippen LogP contribution in [0.3, 0.4) is 0 Å². The Bertz CT molecular complexity index is 255. The zero-order valence-corrected chi connectivity index (χ0v) is 10.00. The average Bonchev–Trinajstić information content (AvgIpc) is 2.83. The SMILES string of the molecule is CC1(C2NCCN2)COC2CCCCC2O1. The lowest BCUT2D eigenvalue weighted by Gasteiger charge is -2.47. The summed E-state index contributed by atoms with van der Waals surface area (Å²) in [6.07, 6.45) is 5.82. The Morgan fingerprint density at radius 2 is 1.75 bits per heavy atom. The highest BCUT2D eigenvalue weighted by molar-refractivity contribution is 4.96. The van der Waals surface area contributed by atoms with Crippen molar-refractivity contribution in [2.45, 2.75) is 56.6 Å².